The molecule has 2 aromatic heterocycles. The topological polar surface area (TPSA) is 62.5 Å². The predicted molar refractivity (Wildman–Crippen MR) is 106 cm³/mol. The zero-order chi connectivity index (χ0) is 19.2. The fraction of sp³-hybridized carbons (Fsp3) is 0.318. The second kappa shape index (κ2) is 8.80. The number of hydrogen-bond donors (Lipinski definition) is 0. The number of pyridine rings is 1. The van der Waals surface area contributed by atoms with Crippen LogP contribution in [-0.2, 0) is 17.8 Å². The highest BCUT2D eigenvalue weighted by atomic mass is 16.4. The lowest BCUT2D eigenvalue weighted by Gasteiger charge is -2.34. The van der Waals surface area contributed by atoms with E-state index in [4.69, 9.17) is 4.42 Å². The predicted octanol–water partition coefficient (Wildman–Crippen LogP) is 3.01. The van der Waals surface area contributed by atoms with Crippen molar-refractivity contribution >= 4 is 5.91 Å². The largest absolute Gasteiger partial charge is 0.441 e. The molecule has 0 atom stereocenters. The quantitative estimate of drug-likeness (QED) is 0.662. The van der Waals surface area contributed by atoms with E-state index in [9.17, 15) is 4.79 Å². The first-order chi connectivity index (χ1) is 13.8. The fourth-order valence-corrected chi connectivity index (χ4v) is 3.44. The summed E-state index contributed by atoms with van der Waals surface area (Å²) in [5, 5.41) is 0. The molecule has 1 fully saturated rings. The van der Waals surface area contributed by atoms with Crippen molar-refractivity contribution in [1.82, 2.24) is 19.8 Å². The van der Waals surface area contributed by atoms with Crippen molar-refractivity contribution in [2.75, 3.05) is 26.2 Å². The Hall–Kier alpha value is -2.99. The monoisotopic (exact) mass is 376 g/mol. The molecular weight excluding hydrogens is 352 g/mol. The van der Waals surface area contributed by atoms with Crippen LogP contribution in [0.2, 0.25) is 0 Å². The van der Waals surface area contributed by atoms with E-state index >= 15 is 0 Å². The molecule has 144 valence electrons. The third kappa shape index (κ3) is 4.64. The first kappa shape index (κ1) is 18.4. The molecule has 1 aliphatic rings. The third-order valence-electron chi connectivity index (χ3n) is 5.05. The number of hydrogen-bond acceptors (Lipinski definition) is 5. The maximum atomic E-state index is 12.5. The van der Waals surface area contributed by atoms with Crippen molar-refractivity contribution in [2.24, 2.45) is 0 Å². The highest BCUT2D eigenvalue weighted by Gasteiger charge is 2.21. The van der Waals surface area contributed by atoms with E-state index in [1.807, 2.05) is 59.8 Å². The molecule has 0 spiro atoms. The van der Waals surface area contributed by atoms with Gasteiger partial charge in [0.2, 0.25) is 5.91 Å². The molecule has 6 nitrogen and oxygen atoms in total. The SMILES string of the molecule is O=C(CCc1ncc(-c2ccccc2)o1)N1CCN(Cc2ccncc2)CC1. The minimum Gasteiger partial charge on any atom is -0.441 e. The van der Waals surface area contributed by atoms with Gasteiger partial charge in [-0.2, -0.15) is 0 Å². The number of piperazine rings is 1. The van der Waals surface area contributed by atoms with Gasteiger partial charge < -0.3 is 9.32 Å². The summed E-state index contributed by atoms with van der Waals surface area (Å²) in [4.78, 5) is 25.2. The molecule has 0 unspecified atom stereocenters. The van der Waals surface area contributed by atoms with E-state index in [1.54, 1.807) is 6.20 Å². The summed E-state index contributed by atoms with van der Waals surface area (Å²) in [6, 6.07) is 14.0. The number of aromatic nitrogens is 2. The standard InChI is InChI=1S/C22H24N4O2/c27-22(7-6-21-24-16-20(28-21)19-4-2-1-3-5-19)26-14-12-25(13-15-26)17-18-8-10-23-11-9-18/h1-5,8-11,16H,6-7,12-15,17H2. The Kier molecular flexibility index (Phi) is 5.77. The summed E-state index contributed by atoms with van der Waals surface area (Å²) in [6.45, 7) is 4.23. The molecule has 0 N–H and O–H groups in total. The average Bonchev–Trinajstić information content (AvgIpc) is 3.23. The van der Waals surface area contributed by atoms with Crippen LogP contribution in [0.15, 0.2) is 65.5 Å². The molecule has 1 aromatic carbocycles. The zero-order valence-electron chi connectivity index (χ0n) is 15.8. The van der Waals surface area contributed by atoms with Crippen LogP contribution in [0, 0.1) is 0 Å². The van der Waals surface area contributed by atoms with Crippen molar-refractivity contribution in [2.45, 2.75) is 19.4 Å². The lowest BCUT2D eigenvalue weighted by Crippen LogP contribution is -2.48. The van der Waals surface area contributed by atoms with Crippen LogP contribution < -0.4 is 0 Å². The third-order valence-corrected chi connectivity index (χ3v) is 5.05. The summed E-state index contributed by atoms with van der Waals surface area (Å²) in [6.07, 6.45) is 6.33. The summed E-state index contributed by atoms with van der Waals surface area (Å²) in [7, 11) is 0. The minimum absolute atomic E-state index is 0.169. The first-order valence-electron chi connectivity index (χ1n) is 9.67. The second-order valence-corrected chi connectivity index (χ2v) is 7.00. The number of benzene rings is 1. The molecule has 6 heteroatoms. The van der Waals surface area contributed by atoms with Gasteiger partial charge in [0, 0.05) is 63.5 Å². The Morgan fingerprint density at radius 2 is 1.75 bits per heavy atom. The number of carbonyl (C=O) groups is 1. The van der Waals surface area contributed by atoms with Crippen LogP contribution in [0.1, 0.15) is 17.9 Å². The van der Waals surface area contributed by atoms with Gasteiger partial charge in [-0.25, -0.2) is 4.98 Å². The van der Waals surface area contributed by atoms with Crippen molar-refractivity contribution in [1.29, 1.82) is 0 Å². The minimum atomic E-state index is 0.169. The van der Waals surface area contributed by atoms with Gasteiger partial charge in [0.15, 0.2) is 11.7 Å². The highest BCUT2D eigenvalue weighted by Crippen LogP contribution is 2.20. The second-order valence-electron chi connectivity index (χ2n) is 7.00. The molecule has 3 aromatic rings. The van der Waals surface area contributed by atoms with Crippen molar-refractivity contribution in [3.05, 3.63) is 72.5 Å². The Morgan fingerprint density at radius 1 is 1.00 bits per heavy atom. The van der Waals surface area contributed by atoms with Crippen molar-refractivity contribution < 1.29 is 9.21 Å². The molecule has 0 bridgehead atoms. The lowest BCUT2D eigenvalue weighted by atomic mass is 10.2. The van der Waals surface area contributed by atoms with Crippen LogP contribution in [0.5, 0.6) is 0 Å². The van der Waals surface area contributed by atoms with Gasteiger partial charge in [0.1, 0.15) is 0 Å². The Bertz CT molecular complexity index is 887. The molecule has 0 radical (unpaired) electrons. The van der Waals surface area contributed by atoms with E-state index in [1.165, 1.54) is 5.56 Å². The van der Waals surface area contributed by atoms with E-state index in [2.05, 4.69) is 14.9 Å². The normalized spacial score (nSPS) is 14.9. The average molecular weight is 376 g/mol. The van der Waals surface area contributed by atoms with Gasteiger partial charge in [-0.3, -0.25) is 14.7 Å². The van der Waals surface area contributed by atoms with Crippen LogP contribution >= 0.6 is 0 Å². The van der Waals surface area contributed by atoms with Crippen LogP contribution in [0.3, 0.4) is 0 Å². The summed E-state index contributed by atoms with van der Waals surface area (Å²) in [5.74, 6) is 1.53. The molecule has 28 heavy (non-hydrogen) atoms. The van der Waals surface area contributed by atoms with Crippen LogP contribution in [0.25, 0.3) is 11.3 Å². The Morgan fingerprint density at radius 3 is 2.50 bits per heavy atom. The molecule has 4 rings (SSSR count). The van der Waals surface area contributed by atoms with Gasteiger partial charge in [0.05, 0.1) is 6.20 Å². The van der Waals surface area contributed by atoms with Gasteiger partial charge in [0.25, 0.3) is 0 Å². The molecule has 1 aliphatic heterocycles. The molecular formula is C22H24N4O2. The molecule has 1 amide bonds. The first-order valence-corrected chi connectivity index (χ1v) is 9.67. The summed E-state index contributed by atoms with van der Waals surface area (Å²) >= 11 is 0. The zero-order valence-corrected chi connectivity index (χ0v) is 15.8. The summed E-state index contributed by atoms with van der Waals surface area (Å²) in [5.41, 5.74) is 2.26. The number of oxazole rings is 1. The van der Waals surface area contributed by atoms with Crippen molar-refractivity contribution in [3.8, 4) is 11.3 Å². The van der Waals surface area contributed by atoms with Crippen LogP contribution in [0.4, 0.5) is 0 Å². The van der Waals surface area contributed by atoms with E-state index in [0.717, 1.165) is 44.0 Å². The maximum absolute atomic E-state index is 12.5. The molecule has 3 heterocycles. The smallest absolute Gasteiger partial charge is 0.223 e. The maximum Gasteiger partial charge on any atom is 0.223 e. The van der Waals surface area contributed by atoms with Crippen molar-refractivity contribution in [3.63, 3.8) is 0 Å². The van der Waals surface area contributed by atoms with Gasteiger partial charge >= 0.3 is 0 Å². The van der Waals surface area contributed by atoms with Gasteiger partial charge in [-0.15, -0.1) is 0 Å². The number of aryl methyl sites for hydroxylation is 1. The molecule has 0 aliphatic carbocycles. The Balaban J connectivity index is 1.23. The summed E-state index contributed by atoms with van der Waals surface area (Å²) < 4.78 is 5.80. The molecule has 1 saturated heterocycles. The number of rotatable bonds is 6. The number of carbonyl (C=O) groups excluding carboxylic acids is 1. The number of nitrogens with zero attached hydrogens (tertiary/aromatic N) is 4. The van der Waals surface area contributed by atoms with Gasteiger partial charge in [-0.05, 0) is 17.7 Å². The van der Waals surface area contributed by atoms with E-state index in [0.29, 0.717) is 18.7 Å². The fourth-order valence-electron chi connectivity index (χ4n) is 3.44. The highest BCUT2D eigenvalue weighted by molar-refractivity contribution is 5.76. The Labute approximate surface area is 164 Å². The van der Waals surface area contributed by atoms with E-state index < -0.39 is 0 Å². The van der Waals surface area contributed by atoms with Gasteiger partial charge in [-0.1, -0.05) is 30.3 Å². The lowest BCUT2D eigenvalue weighted by molar-refractivity contribution is -0.133. The van der Waals surface area contributed by atoms with Crippen LogP contribution in [-0.4, -0.2) is 51.9 Å². The molecule has 0 saturated carbocycles. The van der Waals surface area contributed by atoms with E-state index in [-0.39, 0.29) is 5.91 Å². The number of amides is 1.